The summed E-state index contributed by atoms with van der Waals surface area (Å²) in [5, 5.41) is 7.16. The van der Waals surface area contributed by atoms with Crippen LogP contribution in [-0.4, -0.2) is 17.6 Å². The third kappa shape index (κ3) is 6.56. The fourth-order valence-electron chi connectivity index (χ4n) is 2.48. The lowest BCUT2D eigenvalue weighted by Gasteiger charge is -2.09. The Labute approximate surface area is 197 Å². The fraction of sp³-hybridized carbons (Fsp3) is 0.0476. The molecule has 0 aliphatic heterocycles. The first-order valence-electron chi connectivity index (χ1n) is 8.55. The average molecular weight is 500 g/mol. The van der Waals surface area contributed by atoms with Crippen molar-refractivity contribution < 1.29 is 9.59 Å². The number of thioether (sulfide) groups is 1. The summed E-state index contributed by atoms with van der Waals surface area (Å²) in [4.78, 5) is 25.4. The Morgan fingerprint density at radius 2 is 1.40 bits per heavy atom. The molecule has 0 aliphatic carbocycles. The van der Waals surface area contributed by atoms with Crippen molar-refractivity contribution in [3.8, 4) is 0 Å². The number of hydrogen-bond donors (Lipinski definition) is 2. The standard InChI is InChI=1S/C21H14Cl4N2O2S/c22-12-1-6-18(19(25)10-12)21(29)27-15-2-4-17(5-3-15)30-11-20(28)26-16-8-13(23)7-14(24)9-16/h1-10H,11H2,(H,26,28)(H,27,29). The first-order valence-corrected chi connectivity index (χ1v) is 11.0. The van der Waals surface area contributed by atoms with E-state index in [-0.39, 0.29) is 22.6 Å². The minimum absolute atomic E-state index is 0.187. The highest BCUT2D eigenvalue weighted by molar-refractivity contribution is 8.00. The van der Waals surface area contributed by atoms with Gasteiger partial charge in [0.1, 0.15) is 0 Å². The molecule has 0 saturated heterocycles. The van der Waals surface area contributed by atoms with Crippen LogP contribution in [0.25, 0.3) is 0 Å². The van der Waals surface area contributed by atoms with Crippen molar-refractivity contribution in [3.63, 3.8) is 0 Å². The van der Waals surface area contributed by atoms with Crippen LogP contribution in [0.3, 0.4) is 0 Å². The predicted molar refractivity (Wildman–Crippen MR) is 127 cm³/mol. The minimum Gasteiger partial charge on any atom is -0.325 e. The predicted octanol–water partition coefficient (Wildman–Crippen LogP) is 7.28. The van der Waals surface area contributed by atoms with Gasteiger partial charge in [-0.15, -0.1) is 11.8 Å². The summed E-state index contributed by atoms with van der Waals surface area (Å²) >= 11 is 25.1. The number of carbonyl (C=O) groups is 2. The number of halogens is 4. The van der Waals surface area contributed by atoms with Crippen LogP contribution >= 0.6 is 58.2 Å². The average Bonchev–Trinajstić information content (AvgIpc) is 2.66. The van der Waals surface area contributed by atoms with Gasteiger partial charge >= 0.3 is 0 Å². The maximum Gasteiger partial charge on any atom is 0.257 e. The third-order valence-electron chi connectivity index (χ3n) is 3.80. The second-order valence-electron chi connectivity index (χ2n) is 6.10. The highest BCUT2D eigenvalue weighted by Crippen LogP contribution is 2.25. The van der Waals surface area contributed by atoms with E-state index in [0.717, 1.165) is 4.90 Å². The summed E-state index contributed by atoms with van der Waals surface area (Å²) < 4.78 is 0. The van der Waals surface area contributed by atoms with E-state index in [9.17, 15) is 9.59 Å². The molecule has 3 aromatic rings. The Bertz CT molecular complexity index is 1070. The molecule has 2 N–H and O–H groups in total. The number of hydrogen-bond acceptors (Lipinski definition) is 3. The molecule has 0 aromatic heterocycles. The summed E-state index contributed by atoms with van der Waals surface area (Å²) in [5.74, 6) is -0.319. The highest BCUT2D eigenvalue weighted by atomic mass is 35.5. The lowest BCUT2D eigenvalue weighted by Crippen LogP contribution is -2.14. The van der Waals surface area contributed by atoms with Crippen LogP contribution in [0.5, 0.6) is 0 Å². The van der Waals surface area contributed by atoms with E-state index in [4.69, 9.17) is 46.4 Å². The SMILES string of the molecule is O=C(CSc1ccc(NC(=O)c2ccc(Cl)cc2Cl)cc1)Nc1cc(Cl)cc(Cl)c1. The Morgan fingerprint density at radius 3 is 2.03 bits per heavy atom. The molecule has 0 aliphatic rings. The van der Waals surface area contributed by atoms with E-state index in [2.05, 4.69) is 10.6 Å². The van der Waals surface area contributed by atoms with E-state index >= 15 is 0 Å². The van der Waals surface area contributed by atoms with Crippen LogP contribution in [0.1, 0.15) is 10.4 Å². The van der Waals surface area contributed by atoms with Crippen molar-refractivity contribution in [3.05, 3.63) is 86.3 Å². The molecule has 0 spiro atoms. The van der Waals surface area contributed by atoms with Crippen LogP contribution in [-0.2, 0) is 4.79 Å². The zero-order valence-electron chi connectivity index (χ0n) is 15.2. The van der Waals surface area contributed by atoms with E-state index < -0.39 is 0 Å². The topological polar surface area (TPSA) is 58.2 Å². The molecule has 9 heteroatoms. The normalized spacial score (nSPS) is 10.5. The summed E-state index contributed by atoms with van der Waals surface area (Å²) in [6, 6.07) is 16.6. The minimum atomic E-state index is -0.336. The van der Waals surface area contributed by atoms with Gasteiger partial charge in [0.25, 0.3) is 5.91 Å². The van der Waals surface area contributed by atoms with Crippen LogP contribution in [0.15, 0.2) is 65.6 Å². The van der Waals surface area contributed by atoms with E-state index in [1.165, 1.54) is 17.8 Å². The van der Waals surface area contributed by atoms with Gasteiger partial charge in [-0.1, -0.05) is 46.4 Å². The number of benzene rings is 3. The Kier molecular flexibility index (Phi) is 7.92. The number of anilines is 2. The second-order valence-corrected chi connectivity index (χ2v) is 8.86. The van der Waals surface area contributed by atoms with Gasteiger partial charge in [0.2, 0.25) is 5.91 Å². The Balaban J connectivity index is 1.54. The molecule has 0 heterocycles. The van der Waals surface area contributed by atoms with Crippen molar-refractivity contribution in [2.45, 2.75) is 4.90 Å². The third-order valence-corrected chi connectivity index (χ3v) is 5.80. The zero-order valence-corrected chi connectivity index (χ0v) is 19.1. The van der Waals surface area contributed by atoms with Gasteiger partial charge < -0.3 is 10.6 Å². The van der Waals surface area contributed by atoms with Crippen molar-refractivity contribution in [2.75, 3.05) is 16.4 Å². The van der Waals surface area contributed by atoms with Gasteiger partial charge in [0.15, 0.2) is 0 Å². The first-order chi connectivity index (χ1) is 14.3. The molecule has 0 bridgehead atoms. The highest BCUT2D eigenvalue weighted by Gasteiger charge is 2.11. The maximum atomic E-state index is 12.4. The summed E-state index contributed by atoms with van der Waals surface area (Å²) in [6.45, 7) is 0. The number of amides is 2. The van der Waals surface area contributed by atoms with Crippen LogP contribution in [0.4, 0.5) is 11.4 Å². The molecule has 3 aromatic carbocycles. The molecule has 0 fully saturated rings. The first kappa shape index (κ1) is 22.8. The van der Waals surface area contributed by atoms with Gasteiger partial charge in [-0.25, -0.2) is 0 Å². The number of carbonyl (C=O) groups excluding carboxylic acids is 2. The van der Waals surface area contributed by atoms with Gasteiger partial charge in [-0.2, -0.15) is 0 Å². The Hall–Kier alpha value is -1.89. The zero-order chi connectivity index (χ0) is 21.7. The molecule has 30 heavy (non-hydrogen) atoms. The molecule has 0 atom stereocenters. The second kappa shape index (κ2) is 10.4. The molecule has 154 valence electrons. The quantitative estimate of drug-likeness (QED) is 0.350. The monoisotopic (exact) mass is 498 g/mol. The van der Waals surface area contributed by atoms with Crippen molar-refractivity contribution in [2.24, 2.45) is 0 Å². The molecule has 4 nitrogen and oxygen atoms in total. The largest absolute Gasteiger partial charge is 0.325 e. The molecular weight excluding hydrogens is 486 g/mol. The molecule has 0 saturated carbocycles. The Morgan fingerprint density at radius 1 is 0.733 bits per heavy atom. The van der Waals surface area contributed by atoms with Crippen LogP contribution in [0, 0.1) is 0 Å². The van der Waals surface area contributed by atoms with Crippen molar-refractivity contribution >= 4 is 81.4 Å². The molecule has 2 amide bonds. The van der Waals surface area contributed by atoms with E-state index in [1.54, 1.807) is 42.5 Å². The molecule has 0 unspecified atom stereocenters. The van der Waals surface area contributed by atoms with Gasteiger partial charge in [0, 0.05) is 31.3 Å². The summed E-state index contributed by atoms with van der Waals surface area (Å²) in [6.07, 6.45) is 0. The smallest absolute Gasteiger partial charge is 0.257 e. The number of nitrogens with one attached hydrogen (secondary N) is 2. The van der Waals surface area contributed by atoms with E-state index in [0.29, 0.717) is 32.0 Å². The van der Waals surface area contributed by atoms with Crippen LogP contribution < -0.4 is 10.6 Å². The molecule has 3 rings (SSSR count). The lowest BCUT2D eigenvalue weighted by atomic mass is 10.2. The summed E-state index contributed by atoms with van der Waals surface area (Å²) in [7, 11) is 0. The van der Waals surface area contributed by atoms with Gasteiger partial charge in [-0.05, 0) is 60.7 Å². The van der Waals surface area contributed by atoms with Crippen molar-refractivity contribution in [1.29, 1.82) is 0 Å². The number of rotatable bonds is 6. The van der Waals surface area contributed by atoms with Crippen molar-refractivity contribution in [1.82, 2.24) is 0 Å². The summed E-state index contributed by atoms with van der Waals surface area (Å²) in [5.41, 5.74) is 1.47. The van der Waals surface area contributed by atoms with E-state index in [1.807, 2.05) is 12.1 Å². The maximum absolute atomic E-state index is 12.4. The van der Waals surface area contributed by atoms with Crippen LogP contribution in [0.2, 0.25) is 20.1 Å². The molecule has 0 radical (unpaired) electrons. The fourth-order valence-corrected chi connectivity index (χ4v) is 4.20. The molecular formula is C21H14Cl4N2O2S. The van der Waals surface area contributed by atoms with Gasteiger partial charge in [0.05, 0.1) is 16.3 Å². The van der Waals surface area contributed by atoms with Gasteiger partial charge in [-0.3, -0.25) is 9.59 Å². The lowest BCUT2D eigenvalue weighted by molar-refractivity contribution is -0.113.